The first kappa shape index (κ1) is 9.48. The molecule has 2 N–H and O–H groups in total. The molecule has 1 aliphatic rings. The average molecular weight is 187 g/mol. The van der Waals surface area contributed by atoms with E-state index in [9.17, 15) is 8.42 Å². The molecular weight excluding hydrogens is 174 g/mol. The molecule has 4 heteroatoms. The third kappa shape index (κ3) is 1.76. The fraction of sp³-hybridized carbons (Fsp3) is 0.500. The summed E-state index contributed by atoms with van der Waals surface area (Å²) in [6, 6.07) is 0. The monoisotopic (exact) mass is 187 g/mol. The highest BCUT2D eigenvalue weighted by Gasteiger charge is 2.27. The quantitative estimate of drug-likeness (QED) is 0.660. The van der Waals surface area contributed by atoms with Crippen molar-refractivity contribution in [2.75, 3.05) is 0 Å². The van der Waals surface area contributed by atoms with Crippen LogP contribution < -0.4 is 5.14 Å². The molecule has 0 spiro atoms. The Morgan fingerprint density at radius 2 is 2.08 bits per heavy atom. The Kier molecular flexibility index (Phi) is 2.39. The summed E-state index contributed by atoms with van der Waals surface area (Å²) in [5.74, 6) is -0.00926. The molecule has 1 rings (SSSR count). The Labute approximate surface area is 73.0 Å². The van der Waals surface area contributed by atoms with Gasteiger partial charge in [-0.2, -0.15) is 0 Å². The van der Waals surface area contributed by atoms with Gasteiger partial charge in [0.15, 0.2) is 0 Å². The lowest BCUT2D eigenvalue weighted by atomic mass is 9.94. The van der Waals surface area contributed by atoms with E-state index < -0.39 is 15.3 Å². The van der Waals surface area contributed by atoms with E-state index in [0.717, 1.165) is 5.57 Å². The maximum atomic E-state index is 11.0. The molecule has 0 radical (unpaired) electrons. The number of hydrogen-bond donors (Lipinski definition) is 1. The first-order chi connectivity index (χ1) is 5.43. The van der Waals surface area contributed by atoms with Crippen LogP contribution in [0.4, 0.5) is 0 Å². The molecular formula is C8H13NO2S. The Hall–Kier alpha value is -0.610. The van der Waals surface area contributed by atoms with Gasteiger partial charge in [0.25, 0.3) is 0 Å². The molecule has 0 saturated carbocycles. The summed E-state index contributed by atoms with van der Waals surface area (Å²) in [6.45, 7) is 3.77. The van der Waals surface area contributed by atoms with Crippen LogP contribution >= 0.6 is 0 Å². The smallest absolute Gasteiger partial charge is 0.216 e. The fourth-order valence-corrected chi connectivity index (χ4v) is 2.38. The Bertz CT molecular complexity index is 327. The lowest BCUT2D eigenvalue weighted by Gasteiger charge is -2.22. The second-order valence-electron chi connectivity index (χ2n) is 3.14. The second kappa shape index (κ2) is 3.03. The van der Waals surface area contributed by atoms with Gasteiger partial charge in [-0.1, -0.05) is 30.7 Å². The van der Waals surface area contributed by atoms with Crippen LogP contribution in [0.2, 0.25) is 0 Å². The summed E-state index contributed by atoms with van der Waals surface area (Å²) >= 11 is 0. The minimum atomic E-state index is -3.44. The summed E-state index contributed by atoms with van der Waals surface area (Å²) in [5, 5.41) is 4.50. The van der Waals surface area contributed by atoms with Gasteiger partial charge in [-0.25, -0.2) is 13.6 Å². The highest BCUT2D eigenvalue weighted by Crippen LogP contribution is 2.23. The van der Waals surface area contributed by atoms with Gasteiger partial charge < -0.3 is 0 Å². The molecule has 68 valence electrons. The summed E-state index contributed by atoms with van der Waals surface area (Å²) in [7, 11) is -3.44. The molecule has 2 atom stereocenters. The SMILES string of the molecule is CC1=CC=CC(S(N)(=O)=O)C1C. The summed E-state index contributed by atoms with van der Waals surface area (Å²) < 4.78 is 22.1. The van der Waals surface area contributed by atoms with Crippen molar-refractivity contribution in [2.24, 2.45) is 11.1 Å². The van der Waals surface area contributed by atoms with Crippen molar-refractivity contribution in [1.29, 1.82) is 0 Å². The predicted octanol–water partition coefficient (Wildman–Crippen LogP) is 0.796. The third-order valence-corrected chi connectivity index (χ3v) is 3.57. The van der Waals surface area contributed by atoms with Crippen LogP contribution in [0, 0.1) is 5.92 Å². The van der Waals surface area contributed by atoms with Crippen molar-refractivity contribution in [3.63, 3.8) is 0 Å². The molecule has 0 fully saturated rings. The van der Waals surface area contributed by atoms with E-state index in [4.69, 9.17) is 5.14 Å². The lowest BCUT2D eigenvalue weighted by Crippen LogP contribution is -2.33. The molecule has 0 aliphatic heterocycles. The minimum Gasteiger partial charge on any atom is -0.228 e. The van der Waals surface area contributed by atoms with Crippen LogP contribution in [0.15, 0.2) is 23.8 Å². The summed E-state index contributed by atoms with van der Waals surface area (Å²) in [5.41, 5.74) is 1.05. The predicted molar refractivity (Wildman–Crippen MR) is 49.0 cm³/mol. The van der Waals surface area contributed by atoms with Crippen molar-refractivity contribution >= 4 is 10.0 Å². The zero-order valence-electron chi connectivity index (χ0n) is 7.19. The molecule has 2 unspecified atom stereocenters. The molecule has 0 heterocycles. The van der Waals surface area contributed by atoms with E-state index in [-0.39, 0.29) is 5.92 Å². The van der Waals surface area contributed by atoms with Crippen molar-refractivity contribution in [3.8, 4) is 0 Å². The Morgan fingerprint density at radius 1 is 1.50 bits per heavy atom. The molecule has 0 amide bonds. The average Bonchev–Trinajstić information content (AvgIpc) is 1.92. The van der Waals surface area contributed by atoms with Crippen LogP contribution in [-0.4, -0.2) is 13.7 Å². The van der Waals surface area contributed by atoms with Crippen molar-refractivity contribution < 1.29 is 8.42 Å². The van der Waals surface area contributed by atoms with Gasteiger partial charge in [-0.15, -0.1) is 0 Å². The van der Waals surface area contributed by atoms with Crippen molar-refractivity contribution in [2.45, 2.75) is 19.1 Å². The Balaban J connectivity index is 2.99. The van der Waals surface area contributed by atoms with Gasteiger partial charge in [0.05, 0.1) is 5.25 Å². The van der Waals surface area contributed by atoms with Gasteiger partial charge in [-0.05, 0) is 12.8 Å². The van der Waals surface area contributed by atoms with Gasteiger partial charge in [-0.3, -0.25) is 0 Å². The molecule has 3 nitrogen and oxygen atoms in total. The molecule has 1 aliphatic carbocycles. The van der Waals surface area contributed by atoms with Gasteiger partial charge in [0.1, 0.15) is 0 Å². The first-order valence-electron chi connectivity index (χ1n) is 3.79. The minimum absolute atomic E-state index is 0.00926. The van der Waals surface area contributed by atoms with Gasteiger partial charge in [0, 0.05) is 0 Å². The summed E-state index contributed by atoms with van der Waals surface area (Å²) in [6.07, 6.45) is 5.28. The van der Waals surface area contributed by atoms with Gasteiger partial charge >= 0.3 is 0 Å². The lowest BCUT2D eigenvalue weighted by molar-refractivity contribution is 0.567. The second-order valence-corrected chi connectivity index (χ2v) is 4.86. The topological polar surface area (TPSA) is 60.2 Å². The number of nitrogens with two attached hydrogens (primary N) is 1. The molecule has 0 aromatic heterocycles. The number of allylic oxidation sites excluding steroid dienone is 3. The number of rotatable bonds is 1. The molecule has 0 aromatic carbocycles. The van der Waals surface area contributed by atoms with E-state index in [1.54, 1.807) is 12.2 Å². The third-order valence-electron chi connectivity index (χ3n) is 2.25. The maximum absolute atomic E-state index is 11.0. The first-order valence-corrected chi connectivity index (χ1v) is 5.40. The molecule has 0 bridgehead atoms. The van der Waals surface area contributed by atoms with E-state index in [1.165, 1.54) is 0 Å². The van der Waals surface area contributed by atoms with Crippen LogP contribution in [0.5, 0.6) is 0 Å². The zero-order valence-corrected chi connectivity index (χ0v) is 8.01. The number of sulfonamides is 1. The largest absolute Gasteiger partial charge is 0.228 e. The maximum Gasteiger partial charge on any atom is 0.216 e. The standard InChI is InChI=1S/C8H13NO2S/c1-6-4-3-5-8(7(6)2)12(9,10)11/h3-5,7-8H,1-2H3,(H2,9,10,11). The van der Waals surface area contributed by atoms with Crippen molar-refractivity contribution in [1.82, 2.24) is 0 Å². The fourth-order valence-electron chi connectivity index (χ4n) is 1.29. The van der Waals surface area contributed by atoms with Crippen LogP contribution in [-0.2, 0) is 10.0 Å². The van der Waals surface area contributed by atoms with Crippen LogP contribution in [0.1, 0.15) is 13.8 Å². The summed E-state index contributed by atoms with van der Waals surface area (Å²) in [4.78, 5) is 0. The van der Waals surface area contributed by atoms with E-state index in [0.29, 0.717) is 0 Å². The highest BCUT2D eigenvalue weighted by atomic mass is 32.2. The Morgan fingerprint density at radius 3 is 2.50 bits per heavy atom. The highest BCUT2D eigenvalue weighted by molar-refractivity contribution is 7.90. The molecule has 0 aromatic rings. The molecule has 0 saturated heterocycles. The van der Waals surface area contributed by atoms with Crippen LogP contribution in [0.25, 0.3) is 0 Å². The number of hydrogen-bond acceptors (Lipinski definition) is 2. The van der Waals surface area contributed by atoms with Crippen molar-refractivity contribution in [3.05, 3.63) is 23.8 Å². The van der Waals surface area contributed by atoms with E-state index in [2.05, 4.69) is 0 Å². The van der Waals surface area contributed by atoms with E-state index in [1.807, 2.05) is 19.9 Å². The van der Waals surface area contributed by atoms with Gasteiger partial charge in [0.2, 0.25) is 10.0 Å². The normalized spacial score (nSPS) is 30.1. The zero-order chi connectivity index (χ0) is 9.35. The van der Waals surface area contributed by atoms with Crippen LogP contribution in [0.3, 0.4) is 0 Å². The number of primary sulfonamides is 1. The molecule has 12 heavy (non-hydrogen) atoms. The van der Waals surface area contributed by atoms with E-state index >= 15 is 0 Å².